The van der Waals surface area contributed by atoms with Crippen LogP contribution < -0.4 is 14.8 Å². The monoisotopic (exact) mass is 355 g/mol. The van der Waals surface area contributed by atoms with Gasteiger partial charge in [0.25, 0.3) is 5.91 Å². The average molecular weight is 355 g/mol. The lowest BCUT2D eigenvalue weighted by atomic mass is 10.1. The van der Waals surface area contributed by atoms with Crippen molar-refractivity contribution in [3.63, 3.8) is 0 Å². The molecule has 2 aromatic carbocycles. The molecule has 2 aromatic rings. The van der Waals surface area contributed by atoms with Crippen molar-refractivity contribution in [2.24, 2.45) is 0 Å². The topological polar surface area (TPSA) is 47.6 Å². The second-order valence-electron chi connectivity index (χ2n) is 6.47. The second-order valence-corrected chi connectivity index (χ2v) is 6.47. The molecular formula is C22H29NO3. The first-order chi connectivity index (χ1) is 12.6. The highest BCUT2D eigenvalue weighted by Crippen LogP contribution is 2.28. The molecule has 0 spiro atoms. The largest absolute Gasteiger partial charge is 0.493 e. The fourth-order valence-electron chi connectivity index (χ4n) is 2.66. The van der Waals surface area contributed by atoms with Gasteiger partial charge in [-0.1, -0.05) is 43.7 Å². The molecule has 0 bridgehead atoms. The third-order valence-corrected chi connectivity index (χ3v) is 4.27. The minimum absolute atomic E-state index is 0.0918. The molecule has 2 rings (SSSR count). The predicted molar refractivity (Wildman–Crippen MR) is 105 cm³/mol. The van der Waals surface area contributed by atoms with Crippen molar-refractivity contribution in [1.29, 1.82) is 0 Å². The Labute approximate surface area is 156 Å². The van der Waals surface area contributed by atoms with E-state index in [-0.39, 0.29) is 11.9 Å². The van der Waals surface area contributed by atoms with Gasteiger partial charge in [0.2, 0.25) is 0 Å². The van der Waals surface area contributed by atoms with E-state index in [2.05, 4.69) is 24.4 Å². The summed E-state index contributed by atoms with van der Waals surface area (Å²) in [4.78, 5) is 12.5. The third kappa shape index (κ3) is 6.10. The van der Waals surface area contributed by atoms with Crippen molar-refractivity contribution >= 4 is 5.91 Å². The number of unbranched alkanes of at least 4 members (excludes halogenated alkanes) is 1. The van der Waals surface area contributed by atoms with Crippen molar-refractivity contribution in [2.45, 2.75) is 45.6 Å². The first kappa shape index (κ1) is 19.8. The molecule has 1 atom stereocenters. The fourth-order valence-corrected chi connectivity index (χ4v) is 2.66. The SMILES string of the molecule is CCCCOc1ccc(C(=O)N[C@H](C)CCc2ccccc2)cc1OC. The van der Waals surface area contributed by atoms with Crippen LogP contribution in [0.2, 0.25) is 0 Å². The van der Waals surface area contributed by atoms with Crippen molar-refractivity contribution in [1.82, 2.24) is 5.32 Å². The number of amides is 1. The highest BCUT2D eigenvalue weighted by molar-refractivity contribution is 5.95. The molecule has 0 heterocycles. The smallest absolute Gasteiger partial charge is 0.251 e. The summed E-state index contributed by atoms with van der Waals surface area (Å²) in [6.07, 6.45) is 3.90. The number of ether oxygens (including phenoxy) is 2. The summed E-state index contributed by atoms with van der Waals surface area (Å²) < 4.78 is 11.1. The van der Waals surface area contributed by atoms with Crippen LogP contribution in [-0.2, 0) is 6.42 Å². The van der Waals surface area contributed by atoms with Crippen LogP contribution in [0.4, 0.5) is 0 Å². The first-order valence-electron chi connectivity index (χ1n) is 9.29. The van der Waals surface area contributed by atoms with Gasteiger partial charge in [-0.2, -0.15) is 0 Å². The molecule has 0 aromatic heterocycles. The molecule has 0 aliphatic heterocycles. The average Bonchev–Trinajstić information content (AvgIpc) is 2.67. The van der Waals surface area contributed by atoms with Gasteiger partial charge in [0.1, 0.15) is 0 Å². The number of carbonyl (C=O) groups is 1. The summed E-state index contributed by atoms with van der Waals surface area (Å²) in [6.45, 7) is 4.79. The molecule has 4 nitrogen and oxygen atoms in total. The molecule has 1 N–H and O–H groups in total. The molecule has 0 saturated heterocycles. The van der Waals surface area contributed by atoms with E-state index in [1.807, 2.05) is 25.1 Å². The van der Waals surface area contributed by atoms with Crippen LogP contribution in [0.25, 0.3) is 0 Å². The van der Waals surface area contributed by atoms with Gasteiger partial charge in [0.05, 0.1) is 13.7 Å². The van der Waals surface area contributed by atoms with E-state index in [0.29, 0.717) is 23.7 Å². The molecule has 0 aliphatic carbocycles. The Morgan fingerprint density at radius 1 is 1.12 bits per heavy atom. The summed E-state index contributed by atoms with van der Waals surface area (Å²) in [6, 6.07) is 15.7. The minimum Gasteiger partial charge on any atom is -0.493 e. The molecular weight excluding hydrogens is 326 g/mol. The number of methoxy groups -OCH3 is 1. The number of hydrogen-bond acceptors (Lipinski definition) is 3. The lowest BCUT2D eigenvalue weighted by molar-refractivity contribution is 0.0938. The number of hydrogen-bond donors (Lipinski definition) is 1. The van der Waals surface area contributed by atoms with Crippen LogP contribution in [0.5, 0.6) is 11.5 Å². The zero-order valence-electron chi connectivity index (χ0n) is 16.0. The van der Waals surface area contributed by atoms with Gasteiger partial charge in [0.15, 0.2) is 11.5 Å². The van der Waals surface area contributed by atoms with Gasteiger partial charge in [-0.05, 0) is 49.9 Å². The molecule has 26 heavy (non-hydrogen) atoms. The van der Waals surface area contributed by atoms with E-state index in [1.54, 1.807) is 25.3 Å². The summed E-state index contributed by atoms with van der Waals surface area (Å²) in [5, 5.41) is 3.05. The molecule has 4 heteroatoms. The van der Waals surface area contributed by atoms with Crippen molar-refractivity contribution in [2.75, 3.05) is 13.7 Å². The van der Waals surface area contributed by atoms with Crippen molar-refractivity contribution in [3.8, 4) is 11.5 Å². The Balaban J connectivity index is 1.91. The van der Waals surface area contributed by atoms with Gasteiger partial charge in [-0.15, -0.1) is 0 Å². The lowest BCUT2D eigenvalue weighted by Crippen LogP contribution is -2.32. The first-order valence-corrected chi connectivity index (χ1v) is 9.29. The lowest BCUT2D eigenvalue weighted by Gasteiger charge is -2.15. The van der Waals surface area contributed by atoms with E-state index in [9.17, 15) is 4.79 Å². The maximum Gasteiger partial charge on any atom is 0.251 e. The van der Waals surface area contributed by atoms with E-state index < -0.39 is 0 Å². The van der Waals surface area contributed by atoms with Crippen LogP contribution >= 0.6 is 0 Å². The molecule has 0 aliphatic rings. The van der Waals surface area contributed by atoms with Gasteiger partial charge in [-0.25, -0.2) is 0 Å². The van der Waals surface area contributed by atoms with Crippen LogP contribution in [0.1, 0.15) is 49.0 Å². The third-order valence-electron chi connectivity index (χ3n) is 4.27. The number of aryl methyl sites for hydroxylation is 1. The summed E-state index contributed by atoms with van der Waals surface area (Å²) in [7, 11) is 1.59. The summed E-state index contributed by atoms with van der Waals surface area (Å²) in [5.74, 6) is 1.17. The molecule has 140 valence electrons. The Morgan fingerprint density at radius 2 is 1.88 bits per heavy atom. The maximum absolute atomic E-state index is 12.5. The van der Waals surface area contributed by atoms with E-state index in [1.165, 1.54) is 5.56 Å². The zero-order chi connectivity index (χ0) is 18.8. The van der Waals surface area contributed by atoms with Gasteiger partial charge < -0.3 is 14.8 Å². The van der Waals surface area contributed by atoms with Crippen LogP contribution in [0, 0.1) is 0 Å². The highest BCUT2D eigenvalue weighted by Gasteiger charge is 2.13. The molecule has 1 amide bonds. The van der Waals surface area contributed by atoms with Crippen LogP contribution in [0.15, 0.2) is 48.5 Å². The quantitative estimate of drug-likeness (QED) is 0.632. The van der Waals surface area contributed by atoms with Crippen LogP contribution in [0.3, 0.4) is 0 Å². The predicted octanol–water partition coefficient (Wildman–Crippen LogP) is 4.63. The van der Waals surface area contributed by atoms with E-state index in [4.69, 9.17) is 9.47 Å². The second kappa shape index (κ2) is 10.5. The molecule has 0 fully saturated rings. The van der Waals surface area contributed by atoms with Gasteiger partial charge in [-0.3, -0.25) is 4.79 Å². The number of rotatable bonds is 10. The Kier molecular flexibility index (Phi) is 8.00. The van der Waals surface area contributed by atoms with Crippen LogP contribution in [-0.4, -0.2) is 25.7 Å². The van der Waals surface area contributed by atoms with Gasteiger partial charge in [0, 0.05) is 11.6 Å². The number of nitrogens with one attached hydrogen (secondary N) is 1. The molecule has 0 radical (unpaired) electrons. The summed E-state index contributed by atoms with van der Waals surface area (Å²) in [5.41, 5.74) is 1.86. The molecule has 0 saturated carbocycles. The van der Waals surface area contributed by atoms with Crippen molar-refractivity contribution in [3.05, 3.63) is 59.7 Å². The van der Waals surface area contributed by atoms with E-state index >= 15 is 0 Å². The standard InChI is InChI=1S/C22H29NO3/c1-4-5-15-26-20-14-13-19(16-21(20)25-3)22(24)23-17(2)11-12-18-9-7-6-8-10-18/h6-10,13-14,16-17H,4-5,11-12,15H2,1-3H3,(H,23,24)/t17-/m1/s1. The Morgan fingerprint density at radius 3 is 2.58 bits per heavy atom. The van der Waals surface area contributed by atoms with E-state index in [0.717, 1.165) is 25.7 Å². The molecule has 0 unspecified atom stereocenters. The maximum atomic E-state index is 12.5. The minimum atomic E-state index is -0.0935. The fraction of sp³-hybridized carbons (Fsp3) is 0.409. The highest BCUT2D eigenvalue weighted by atomic mass is 16.5. The Bertz CT molecular complexity index is 685. The number of benzene rings is 2. The van der Waals surface area contributed by atoms with Crippen molar-refractivity contribution < 1.29 is 14.3 Å². The zero-order valence-corrected chi connectivity index (χ0v) is 16.0. The summed E-state index contributed by atoms with van der Waals surface area (Å²) >= 11 is 0. The number of carbonyl (C=O) groups excluding carboxylic acids is 1. The van der Waals surface area contributed by atoms with Gasteiger partial charge >= 0.3 is 0 Å². The Hall–Kier alpha value is -2.49. The normalized spacial score (nSPS) is 11.7.